The Balaban J connectivity index is 2.02. The Morgan fingerprint density at radius 2 is 2.05 bits per heavy atom. The van der Waals surface area contributed by atoms with E-state index in [4.69, 9.17) is 10.5 Å². The van der Waals surface area contributed by atoms with Gasteiger partial charge in [-0.15, -0.1) is 0 Å². The van der Waals surface area contributed by atoms with Gasteiger partial charge in [-0.05, 0) is 37.5 Å². The predicted molar refractivity (Wildman–Crippen MR) is 81.0 cm³/mol. The summed E-state index contributed by atoms with van der Waals surface area (Å²) in [5.74, 6) is 0.650. The fraction of sp³-hybridized carbons (Fsp3) is 0.562. The number of ether oxygens (including phenoxy) is 1. The SMILES string of the molecule is COc1ccc(C)cc1NC(=O)CC1(N)CCCCC1. The molecule has 0 atom stereocenters. The van der Waals surface area contributed by atoms with Gasteiger partial charge in [0, 0.05) is 12.0 Å². The van der Waals surface area contributed by atoms with Crippen molar-refractivity contribution in [3.05, 3.63) is 23.8 Å². The number of benzene rings is 1. The summed E-state index contributed by atoms with van der Waals surface area (Å²) in [5.41, 5.74) is 7.79. The fourth-order valence-electron chi connectivity index (χ4n) is 2.87. The third kappa shape index (κ3) is 3.73. The number of aryl methyl sites for hydroxylation is 1. The van der Waals surface area contributed by atoms with Gasteiger partial charge in [0.05, 0.1) is 12.8 Å². The van der Waals surface area contributed by atoms with Crippen molar-refractivity contribution < 1.29 is 9.53 Å². The maximum absolute atomic E-state index is 12.2. The molecule has 1 saturated carbocycles. The van der Waals surface area contributed by atoms with Crippen LogP contribution in [0.4, 0.5) is 5.69 Å². The molecule has 1 aromatic rings. The molecule has 0 bridgehead atoms. The number of carbonyl (C=O) groups is 1. The number of anilines is 1. The minimum Gasteiger partial charge on any atom is -0.495 e. The Morgan fingerprint density at radius 1 is 1.35 bits per heavy atom. The van der Waals surface area contributed by atoms with Gasteiger partial charge in [-0.3, -0.25) is 4.79 Å². The number of methoxy groups -OCH3 is 1. The van der Waals surface area contributed by atoms with Crippen LogP contribution in [0.5, 0.6) is 5.75 Å². The van der Waals surface area contributed by atoms with Crippen molar-refractivity contribution in [2.45, 2.75) is 51.0 Å². The van der Waals surface area contributed by atoms with Crippen LogP contribution in [0.2, 0.25) is 0 Å². The van der Waals surface area contributed by atoms with E-state index in [-0.39, 0.29) is 11.4 Å². The minimum atomic E-state index is -0.334. The molecule has 0 aromatic heterocycles. The molecule has 1 aliphatic carbocycles. The summed E-state index contributed by atoms with van der Waals surface area (Å²) in [6.45, 7) is 1.99. The van der Waals surface area contributed by atoms with Crippen LogP contribution in [0, 0.1) is 6.92 Å². The van der Waals surface area contributed by atoms with E-state index in [0.717, 1.165) is 36.9 Å². The topological polar surface area (TPSA) is 64.3 Å². The first-order valence-corrected chi connectivity index (χ1v) is 7.26. The summed E-state index contributed by atoms with van der Waals surface area (Å²) >= 11 is 0. The molecular weight excluding hydrogens is 252 g/mol. The van der Waals surface area contributed by atoms with E-state index in [1.165, 1.54) is 6.42 Å². The minimum absolute atomic E-state index is 0.0294. The molecule has 2 rings (SSSR count). The third-order valence-electron chi connectivity index (χ3n) is 3.99. The highest BCUT2D eigenvalue weighted by atomic mass is 16.5. The van der Waals surface area contributed by atoms with Crippen LogP contribution in [0.3, 0.4) is 0 Å². The molecule has 0 heterocycles. The van der Waals surface area contributed by atoms with E-state index < -0.39 is 0 Å². The molecular formula is C16H24N2O2. The molecule has 20 heavy (non-hydrogen) atoms. The summed E-state index contributed by atoms with van der Waals surface area (Å²) in [6, 6.07) is 5.74. The van der Waals surface area contributed by atoms with Crippen molar-refractivity contribution in [3.8, 4) is 5.75 Å². The van der Waals surface area contributed by atoms with Gasteiger partial charge in [-0.2, -0.15) is 0 Å². The van der Waals surface area contributed by atoms with E-state index in [9.17, 15) is 4.79 Å². The highest BCUT2D eigenvalue weighted by molar-refractivity contribution is 5.93. The number of nitrogens with two attached hydrogens (primary N) is 1. The first-order valence-electron chi connectivity index (χ1n) is 7.26. The van der Waals surface area contributed by atoms with Crippen LogP contribution in [0.1, 0.15) is 44.1 Å². The van der Waals surface area contributed by atoms with Crippen molar-refractivity contribution in [2.24, 2.45) is 5.73 Å². The molecule has 0 aliphatic heterocycles. The van der Waals surface area contributed by atoms with Gasteiger partial charge < -0.3 is 15.8 Å². The van der Waals surface area contributed by atoms with Gasteiger partial charge in [0.1, 0.15) is 5.75 Å². The molecule has 0 saturated heterocycles. The zero-order valence-corrected chi connectivity index (χ0v) is 12.4. The molecule has 1 aromatic carbocycles. The average molecular weight is 276 g/mol. The van der Waals surface area contributed by atoms with Crippen molar-refractivity contribution in [3.63, 3.8) is 0 Å². The van der Waals surface area contributed by atoms with Crippen molar-refractivity contribution >= 4 is 11.6 Å². The lowest BCUT2D eigenvalue weighted by atomic mass is 9.80. The van der Waals surface area contributed by atoms with E-state index in [1.54, 1.807) is 7.11 Å². The first-order chi connectivity index (χ1) is 9.52. The average Bonchev–Trinajstić information content (AvgIpc) is 2.39. The number of carbonyl (C=O) groups excluding carboxylic acids is 1. The molecule has 4 heteroatoms. The van der Waals surface area contributed by atoms with Crippen molar-refractivity contribution in [2.75, 3.05) is 12.4 Å². The smallest absolute Gasteiger partial charge is 0.226 e. The second-order valence-electron chi connectivity index (χ2n) is 5.85. The van der Waals surface area contributed by atoms with Crippen LogP contribution in [0.25, 0.3) is 0 Å². The van der Waals surface area contributed by atoms with Crippen LogP contribution < -0.4 is 15.8 Å². The van der Waals surface area contributed by atoms with E-state index in [1.807, 2.05) is 25.1 Å². The second kappa shape index (κ2) is 6.27. The number of rotatable bonds is 4. The molecule has 0 spiro atoms. The molecule has 3 N–H and O–H groups in total. The third-order valence-corrected chi connectivity index (χ3v) is 3.99. The maximum atomic E-state index is 12.2. The largest absolute Gasteiger partial charge is 0.495 e. The van der Waals surface area contributed by atoms with Gasteiger partial charge in [0.25, 0.3) is 0 Å². The summed E-state index contributed by atoms with van der Waals surface area (Å²) in [6.07, 6.45) is 5.72. The molecule has 110 valence electrons. The fourth-order valence-corrected chi connectivity index (χ4v) is 2.87. The molecule has 1 aliphatic rings. The van der Waals surface area contributed by atoms with Crippen LogP contribution >= 0.6 is 0 Å². The molecule has 1 fully saturated rings. The predicted octanol–water partition coefficient (Wildman–Crippen LogP) is 2.99. The second-order valence-corrected chi connectivity index (χ2v) is 5.85. The summed E-state index contributed by atoms with van der Waals surface area (Å²) in [5, 5.41) is 2.93. The van der Waals surface area contributed by atoms with Gasteiger partial charge in [-0.1, -0.05) is 25.3 Å². The molecule has 1 amide bonds. The Labute approximate surface area is 120 Å². The lowest BCUT2D eigenvalue weighted by molar-refractivity contribution is -0.117. The lowest BCUT2D eigenvalue weighted by Crippen LogP contribution is -2.44. The molecule has 0 radical (unpaired) electrons. The Kier molecular flexibility index (Phi) is 4.65. The Hall–Kier alpha value is -1.55. The maximum Gasteiger partial charge on any atom is 0.226 e. The zero-order chi connectivity index (χ0) is 14.6. The molecule has 0 unspecified atom stereocenters. The van der Waals surface area contributed by atoms with E-state index >= 15 is 0 Å². The monoisotopic (exact) mass is 276 g/mol. The Morgan fingerprint density at radius 3 is 2.70 bits per heavy atom. The molecule has 4 nitrogen and oxygen atoms in total. The highest BCUT2D eigenvalue weighted by Crippen LogP contribution is 2.30. The quantitative estimate of drug-likeness (QED) is 0.888. The van der Waals surface area contributed by atoms with Crippen molar-refractivity contribution in [1.29, 1.82) is 0 Å². The van der Waals surface area contributed by atoms with E-state index in [0.29, 0.717) is 12.2 Å². The van der Waals surface area contributed by atoms with Crippen LogP contribution in [-0.2, 0) is 4.79 Å². The number of nitrogens with one attached hydrogen (secondary N) is 1. The zero-order valence-electron chi connectivity index (χ0n) is 12.4. The van der Waals surface area contributed by atoms with Gasteiger partial charge in [0.2, 0.25) is 5.91 Å². The Bertz CT molecular complexity index is 479. The lowest BCUT2D eigenvalue weighted by Gasteiger charge is -2.32. The number of hydrogen-bond acceptors (Lipinski definition) is 3. The van der Waals surface area contributed by atoms with Gasteiger partial charge in [0.15, 0.2) is 0 Å². The standard InChI is InChI=1S/C16H24N2O2/c1-12-6-7-14(20-2)13(10-12)18-15(19)11-16(17)8-4-3-5-9-16/h6-7,10H,3-5,8-9,11,17H2,1-2H3,(H,18,19). The highest BCUT2D eigenvalue weighted by Gasteiger charge is 2.30. The van der Waals surface area contributed by atoms with E-state index in [2.05, 4.69) is 5.32 Å². The number of hydrogen-bond donors (Lipinski definition) is 2. The van der Waals surface area contributed by atoms with Gasteiger partial charge >= 0.3 is 0 Å². The first kappa shape index (κ1) is 14.9. The van der Waals surface area contributed by atoms with Crippen LogP contribution in [-0.4, -0.2) is 18.6 Å². The summed E-state index contributed by atoms with van der Waals surface area (Å²) in [4.78, 5) is 12.2. The summed E-state index contributed by atoms with van der Waals surface area (Å²) in [7, 11) is 1.60. The summed E-state index contributed by atoms with van der Waals surface area (Å²) < 4.78 is 5.27. The normalized spacial score (nSPS) is 17.6. The van der Waals surface area contributed by atoms with Crippen LogP contribution in [0.15, 0.2) is 18.2 Å². The van der Waals surface area contributed by atoms with Gasteiger partial charge in [-0.25, -0.2) is 0 Å². The van der Waals surface area contributed by atoms with Crippen molar-refractivity contribution in [1.82, 2.24) is 0 Å². The number of amides is 1.